The maximum absolute atomic E-state index is 13.1. The number of sulfonamides is 1. The summed E-state index contributed by atoms with van der Waals surface area (Å²) in [6.45, 7) is 0. The molecule has 1 aromatic heterocycles. The molecule has 206 valence electrons. The molecule has 0 fully saturated rings. The number of hydrogen-bond acceptors (Lipinski definition) is 8. The number of aromatic nitrogens is 2. The number of ether oxygens (including phenoxy) is 1. The van der Waals surface area contributed by atoms with Crippen LogP contribution in [0.1, 0.15) is 5.56 Å². The zero-order valence-corrected chi connectivity index (χ0v) is 20.2. The normalized spacial score (nSPS) is 11.7. The van der Waals surface area contributed by atoms with Crippen LogP contribution in [0.15, 0.2) is 59.8 Å². The Hall–Kier alpha value is -4.12. The Morgan fingerprint density at radius 3 is 2.00 bits per heavy atom. The molecule has 0 bridgehead atoms. The van der Waals surface area contributed by atoms with Gasteiger partial charge >= 0.3 is 18.3 Å². The molecule has 0 radical (unpaired) electrons. The first-order chi connectivity index (χ1) is 17.5. The van der Waals surface area contributed by atoms with Gasteiger partial charge in [0.25, 0.3) is 0 Å². The highest BCUT2D eigenvalue weighted by Gasteiger charge is 2.38. The van der Waals surface area contributed by atoms with Crippen molar-refractivity contribution in [2.24, 2.45) is 0 Å². The highest BCUT2D eigenvalue weighted by atomic mass is 32.2. The van der Waals surface area contributed by atoms with Gasteiger partial charge in [0.05, 0.1) is 17.6 Å². The van der Waals surface area contributed by atoms with Gasteiger partial charge in [-0.1, -0.05) is 6.07 Å². The maximum atomic E-state index is 13.1. The van der Waals surface area contributed by atoms with E-state index in [1.807, 2.05) is 0 Å². The van der Waals surface area contributed by atoms with E-state index < -0.39 is 33.9 Å². The number of carboxylic acid groups (broad SMARTS) is 1. The Kier molecular flexibility index (Phi) is 9.47. The number of alkyl halides is 6. The van der Waals surface area contributed by atoms with Gasteiger partial charge < -0.3 is 20.5 Å². The summed E-state index contributed by atoms with van der Waals surface area (Å²) in [4.78, 5) is 17.0. The topological polar surface area (TPSA) is 143 Å². The van der Waals surface area contributed by atoms with Gasteiger partial charge in [0.2, 0.25) is 10.0 Å². The lowest BCUT2D eigenvalue weighted by Gasteiger charge is -2.13. The van der Waals surface area contributed by atoms with Crippen LogP contribution in [-0.4, -0.2) is 49.8 Å². The van der Waals surface area contributed by atoms with E-state index in [1.165, 1.54) is 44.8 Å². The predicted molar refractivity (Wildman–Crippen MR) is 123 cm³/mol. The summed E-state index contributed by atoms with van der Waals surface area (Å²) in [5.74, 6) is -2.20. The van der Waals surface area contributed by atoms with Crippen LogP contribution in [0.4, 0.5) is 49.4 Å². The largest absolute Gasteiger partial charge is 0.497 e. The fraction of sp³-hybridized carbons (Fsp3) is 0.190. The third-order valence-electron chi connectivity index (χ3n) is 4.34. The summed E-state index contributed by atoms with van der Waals surface area (Å²) in [5.41, 5.74) is -0.301. The van der Waals surface area contributed by atoms with Crippen LogP contribution >= 0.6 is 0 Å². The molecule has 0 atom stereocenters. The summed E-state index contributed by atoms with van der Waals surface area (Å²) in [6, 6.07) is 10.7. The van der Waals surface area contributed by atoms with Crippen molar-refractivity contribution in [3.05, 3.63) is 60.4 Å². The van der Waals surface area contributed by atoms with Crippen LogP contribution in [0.5, 0.6) is 5.75 Å². The summed E-state index contributed by atoms with van der Waals surface area (Å²) in [6.07, 6.45) is -8.41. The average molecular weight is 567 g/mol. The standard InChI is InChI=1S/C19H18F3N5O3S.C2HF3O2/c1-23-31(28,29)16-5-3-4-13(9-16)26-17-10-18(25-11-24-17)27-14-6-12(19(20,21)22)7-15(8-14)30-2;3-2(4,5)1(6)7/h3-11,23H,1-2H3,(H2,24,25,26,27);(H,6,7). The molecule has 0 unspecified atom stereocenters. The Bertz CT molecular complexity index is 1380. The molecule has 10 nitrogen and oxygen atoms in total. The molecular formula is C21H19F6N5O5S. The number of rotatable bonds is 7. The summed E-state index contributed by atoms with van der Waals surface area (Å²) in [7, 11) is -1.05. The van der Waals surface area contributed by atoms with E-state index in [1.54, 1.807) is 12.1 Å². The molecule has 3 aromatic rings. The van der Waals surface area contributed by atoms with Crippen molar-refractivity contribution in [1.29, 1.82) is 0 Å². The SMILES string of the molecule is CNS(=O)(=O)c1cccc(Nc2cc(Nc3cc(OC)cc(C(F)(F)F)c3)ncn2)c1.O=C(O)C(F)(F)F. The Balaban J connectivity index is 0.000000638. The number of aliphatic carboxylic acids is 1. The Morgan fingerprint density at radius 1 is 0.921 bits per heavy atom. The van der Waals surface area contributed by atoms with E-state index in [9.17, 15) is 34.8 Å². The highest BCUT2D eigenvalue weighted by molar-refractivity contribution is 7.89. The van der Waals surface area contributed by atoms with Crippen LogP contribution in [0.2, 0.25) is 0 Å². The van der Waals surface area contributed by atoms with Gasteiger partial charge in [-0.2, -0.15) is 26.3 Å². The van der Waals surface area contributed by atoms with Crippen molar-refractivity contribution in [3.63, 3.8) is 0 Å². The molecule has 0 aliphatic carbocycles. The predicted octanol–water partition coefficient (Wildman–Crippen LogP) is 4.53. The van der Waals surface area contributed by atoms with E-state index in [0.717, 1.165) is 12.1 Å². The van der Waals surface area contributed by atoms with E-state index in [0.29, 0.717) is 11.5 Å². The second-order valence-electron chi connectivity index (χ2n) is 7.02. The summed E-state index contributed by atoms with van der Waals surface area (Å²) >= 11 is 0. The van der Waals surface area contributed by atoms with Crippen LogP contribution in [0.3, 0.4) is 0 Å². The number of nitrogens with zero attached hydrogens (tertiary/aromatic N) is 2. The zero-order valence-electron chi connectivity index (χ0n) is 19.3. The molecule has 0 aliphatic rings. The quantitative estimate of drug-likeness (QED) is 0.303. The van der Waals surface area contributed by atoms with Gasteiger partial charge in [0, 0.05) is 23.5 Å². The molecule has 3 rings (SSSR count). The first-order valence-electron chi connectivity index (χ1n) is 10.0. The molecular weight excluding hydrogens is 548 g/mol. The average Bonchev–Trinajstić information content (AvgIpc) is 2.83. The fourth-order valence-electron chi connectivity index (χ4n) is 2.60. The maximum Gasteiger partial charge on any atom is 0.490 e. The van der Waals surface area contributed by atoms with Crippen LogP contribution < -0.4 is 20.1 Å². The van der Waals surface area contributed by atoms with E-state index >= 15 is 0 Å². The monoisotopic (exact) mass is 567 g/mol. The molecule has 0 spiro atoms. The van der Waals surface area contributed by atoms with Crippen molar-refractivity contribution >= 4 is 39.0 Å². The molecule has 0 saturated heterocycles. The highest BCUT2D eigenvalue weighted by Crippen LogP contribution is 2.35. The van der Waals surface area contributed by atoms with Gasteiger partial charge in [0.1, 0.15) is 23.7 Å². The van der Waals surface area contributed by atoms with E-state index in [2.05, 4.69) is 25.3 Å². The minimum atomic E-state index is -5.08. The smallest absolute Gasteiger partial charge is 0.490 e. The molecule has 0 amide bonds. The number of anilines is 4. The second kappa shape index (κ2) is 12.0. The number of hydrogen-bond donors (Lipinski definition) is 4. The van der Waals surface area contributed by atoms with Crippen LogP contribution in [0, 0.1) is 0 Å². The lowest BCUT2D eigenvalue weighted by atomic mass is 10.1. The summed E-state index contributed by atoms with van der Waals surface area (Å²) in [5, 5.41) is 12.8. The zero-order chi connectivity index (χ0) is 28.7. The Morgan fingerprint density at radius 2 is 1.50 bits per heavy atom. The third kappa shape index (κ3) is 8.77. The summed E-state index contributed by atoms with van der Waals surface area (Å²) < 4.78 is 102. The molecule has 17 heteroatoms. The van der Waals surface area contributed by atoms with Crippen molar-refractivity contribution in [2.75, 3.05) is 24.8 Å². The molecule has 38 heavy (non-hydrogen) atoms. The van der Waals surface area contributed by atoms with E-state index in [-0.39, 0.29) is 22.2 Å². The number of halogens is 6. The van der Waals surface area contributed by atoms with Crippen molar-refractivity contribution < 1.29 is 49.4 Å². The minimum Gasteiger partial charge on any atom is -0.497 e. The van der Waals surface area contributed by atoms with Crippen LogP contribution in [0.25, 0.3) is 0 Å². The lowest BCUT2D eigenvalue weighted by molar-refractivity contribution is -0.192. The van der Waals surface area contributed by atoms with Gasteiger partial charge in [0.15, 0.2) is 0 Å². The third-order valence-corrected chi connectivity index (χ3v) is 5.75. The van der Waals surface area contributed by atoms with Gasteiger partial charge in [-0.15, -0.1) is 0 Å². The molecule has 0 saturated carbocycles. The lowest BCUT2D eigenvalue weighted by Crippen LogP contribution is -2.21. The van der Waals surface area contributed by atoms with Crippen molar-refractivity contribution in [2.45, 2.75) is 17.2 Å². The van der Waals surface area contributed by atoms with Gasteiger partial charge in [-0.3, -0.25) is 0 Å². The number of carboxylic acids is 1. The van der Waals surface area contributed by atoms with E-state index in [4.69, 9.17) is 14.6 Å². The van der Waals surface area contributed by atoms with Crippen LogP contribution in [-0.2, 0) is 21.0 Å². The van der Waals surface area contributed by atoms with Gasteiger partial charge in [-0.05, 0) is 37.4 Å². The Labute approximate surface area is 211 Å². The number of methoxy groups -OCH3 is 1. The van der Waals surface area contributed by atoms with Crippen molar-refractivity contribution in [3.8, 4) is 5.75 Å². The molecule has 0 aliphatic heterocycles. The first-order valence-corrected chi connectivity index (χ1v) is 11.5. The molecule has 2 aromatic carbocycles. The fourth-order valence-corrected chi connectivity index (χ4v) is 3.38. The van der Waals surface area contributed by atoms with Crippen molar-refractivity contribution in [1.82, 2.24) is 14.7 Å². The molecule has 4 N–H and O–H groups in total. The number of benzene rings is 2. The van der Waals surface area contributed by atoms with Gasteiger partial charge in [-0.25, -0.2) is 27.9 Å². The first kappa shape index (κ1) is 30.1. The molecule has 1 heterocycles. The number of nitrogens with one attached hydrogen (secondary N) is 3. The number of carbonyl (C=O) groups is 1. The second-order valence-corrected chi connectivity index (χ2v) is 8.91. The minimum absolute atomic E-state index is 0.0345.